The number of thiophene rings is 1. The number of fused-ring (bicyclic) bond motifs is 6. The fourth-order valence-corrected chi connectivity index (χ4v) is 6.50. The molecule has 34 heavy (non-hydrogen) atoms. The van der Waals surface area contributed by atoms with Gasteiger partial charge in [0.2, 0.25) is 0 Å². The molecule has 0 bridgehead atoms. The Hall–Kier alpha value is -3.94. The van der Waals surface area contributed by atoms with Gasteiger partial charge in [-0.25, -0.2) is 0 Å². The first kappa shape index (κ1) is 19.5. The van der Waals surface area contributed by atoms with Crippen molar-refractivity contribution in [2.24, 2.45) is 0 Å². The first-order valence-corrected chi connectivity index (χ1v) is 12.5. The van der Waals surface area contributed by atoms with Crippen molar-refractivity contribution in [2.75, 3.05) is 0 Å². The molecule has 0 amide bonds. The molecule has 0 nitrogen and oxygen atoms in total. The van der Waals surface area contributed by atoms with Crippen molar-refractivity contribution in [1.29, 1.82) is 0 Å². The summed E-state index contributed by atoms with van der Waals surface area (Å²) < 4.78 is 2.71. The highest BCUT2D eigenvalue weighted by molar-refractivity contribution is 7.26. The number of rotatable bonds is 2. The van der Waals surface area contributed by atoms with Gasteiger partial charge < -0.3 is 0 Å². The number of aryl methyl sites for hydroxylation is 1. The Labute approximate surface area is 202 Å². The van der Waals surface area contributed by atoms with E-state index in [-0.39, 0.29) is 0 Å². The maximum Gasteiger partial charge on any atom is 0.0433 e. The molecule has 1 heteroatoms. The van der Waals surface area contributed by atoms with E-state index in [1.54, 1.807) is 0 Å². The third-order valence-corrected chi connectivity index (χ3v) is 8.15. The lowest BCUT2D eigenvalue weighted by atomic mass is 9.92. The molecule has 6 aromatic carbocycles. The van der Waals surface area contributed by atoms with Crippen LogP contribution in [0.15, 0.2) is 115 Å². The Morgan fingerprint density at radius 3 is 1.97 bits per heavy atom. The monoisotopic (exact) mass is 450 g/mol. The predicted octanol–water partition coefficient (Wildman–Crippen LogP) is 10.0. The van der Waals surface area contributed by atoms with E-state index in [0.717, 1.165) is 0 Å². The molecule has 0 N–H and O–H groups in total. The van der Waals surface area contributed by atoms with Gasteiger partial charge in [-0.1, -0.05) is 109 Å². The highest BCUT2D eigenvalue weighted by Crippen LogP contribution is 2.41. The van der Waals surface area contributed by atoms with Crippen LogP contribution in [0, 0.1) is 6.92 Å². The van der Waals surface area contributed by atoms with E-state index < -0.39 is 0 Å². The van der Waals surface area contributed by atoms with Crippen molar-refractivity contribution in [3.05, 3.63) is 121 Å². The summed E-state index contributed by atoms with van der Waals surface area (Å²) >= 11 is 1.89. The molecule has 0 aliphatic heterocycles. The minimum absolute atomic E-state index is 1.26. The Bertz CT molecular complexity index is 1850. The van der Waals surface area contributed by atoms with E-state index >= 15 is 0 Å². The van der Waals surface area contributed by atoms with Crippen LogP contribution in [-0.2, 0) is 0 Å². The lowest BCUT2D eigenvalue weighted by Gasteiger charge is -2.12. The van der Waals surface area contributed by atoms with E-state index in [1.807, 2.05) is 11.3 Å². The molecule has 7 rings (SSSR count). The highest BCUT2D eigenvalue weighted by Gasteiger charge is 2.12. The van der Waals surface area contributed by atoms with Crippen LogP contribution >= 0.6 is 11.3 Å². The minimum Gasteiger partial charge on any atom is -0.135 e. The van der Waals surface area contributed by atoms with Gasteiger partial charge in [-0.3, -0.25) is 0 Å². The van der Waals surface area contributed by atoms with Gasteiger partial charge in [-0.15, -0.1) is 11.3 Å². The summed E-state index contributed by atoms with van der Waals surface area (Å²) in [6.45, 7) is 2.16. The van der Waals surface area contributed by atoms with E-state index in [9.17, 15) is 0 Å². The first-order valence-electron chi connectivity index (χ1n) is 11.7. The Kier molecular flexibility index (Phi) is 4.33. The van der Waals surface area contributed by atoms with Crippen LogP contribution in [0.2, 0.25) is 0 Å². The number of hydrogen-bond acceptors (Lipinski definition) is 1. The summed E-state index contributed by atoms with van der Waals surface area (Å²) in [5.74, 6) is 0. The van der Waals surface area contributed by atoms with E-state index in [1.165, 1.54) is 69.5 Å². The van der Waals surface area contributed by atoms with Gasteiger partial charge in [-0.2, -0.15) is 0 Å². The van der Waals surface area contributed by atoms with Gasteiger partial charge in [-0.05, 0) is 62.9 Å². The summed E-state index contributed by atoms with van der Waals surface area (Å²) in [7, 11) is 0. The van der Waals surface area contributed by atoms with Crippen LogP contribution in [0.25, 0.3) is 64.0 Å². The average Bonchev–Trinajstić information content (AvgIpc) is 3.27. The van der Waals surface area contributed by atoms with Crippen LogP contribution < -0.4 is 0 Å². The molecular weight excluding hydrogens is 428 g/mol. The van der Waals surface area contributed by atoms with E-state index in [0.29, 0.717) is 0 Å². The molecule has 0 aliphatic carbocycles. The summed E-state index contributed by atoms with van der Waals surface area (Å²) in [6.07, 6.45) is 0. The van der Waals surface area contributed by atoms with Crippen molar-refractivity contribution < 1.29 is 0 Å². The summed E-state index contributed by atoms with van der Waals surface area (Å²) in [4.78, 5) is 0. The third-order valence-electron chi connectivity index (χ3n) is 6.93. The van der Waals surface area contributed by atoms with Gasteiger partial charge in [0, 0.05) is 20.2 Å². The van der Waals surface area contributed by atoms with Crippen molar-refractivity contribution in [2.45, 2.75) is 6.92 Å². The predicted molar refractivity (Wildman–Crippen MR) is 150 cm³/mol. The first-order chi connectivity index (χ1) is 16.8. The molecule has 0 spiro atoms. The molecule has 0 atom stereocenters. The molecule has 0 fully saturated rings. The maximum absolute atomic E-state index is 2.35. The second kappa shape index (κ2) is 7.55. The van der Waals surface area contributed by atoms with Gasteiger partial charge in [0.25, 0.3) is 0 Å². The third kappa shape index (κ3) is 2.98. The van der Waals surface area contributed by atoms with Crippen LogP contribution in [0.5, 0.6) is 0 Å². The number of hydrogen-bond donors (Lipinski definition) is 0. The van der Waals surface area contributed by atoms with E-state index in [2.05, 4.69) is 122 Å². The molecule has 0 radical (unpaired) electrons. The molecule has 0 unspecified atom stereocenters. The van der Waals surface area contributed by atoms with Gasteiger partial charge in [0.05, 0.1) is 0 Å². The zero-order valence-corrected chi connectivity index (χ0v) is 19.7. The van der Waals surface area contributed by atoms with Gasteiger partial charge in [0.1, 0.15) is 0 Å². The maximum atomic E-state index is 2.35. The van der Waals surface area contributed by atoms with Crippen molar-refractivity contribution in [1.82, 2.24) is 0 Å². The van der Waals surface area contributed by atoms with Crippen molar-refractivity contribution in [3.63, 3.8) is 0 Å². The molecule has 0 saturated carbocycles. The van der Waals surface area contributed by atoms with Crippen LogP contribution in [0.4, 0.5) is 0 Å². The lowest BCUT2D eigenvalue weighted by molar-refractivity contribution is 1.51. The smallest absolute Gasteiger partial charge is 0.0433 e. The normalized spacial score (nSPS) is 11.7. The highest BCUT2D eigenvalue weighted by atomic mass is 32.1. The quantitative estimate of drug-likeness (QED) is 0.230. The van der Waals surface area contributed by atoms with E-state index in [4.69, 9.17) is 0 Å². The SMILES string of the molecule is Cc1ccc2cc(-c3ccc(-c4cccc5c4sc4ccccc45)cc3)c3ccccc3c2c1. The largest absolute Gasteiger partial charge is 0.135 e. The topological polar surface area (TPSA) is 0 Å². The molecule has 0 aliphatic rings. The van der Waals surface area contributed by atoms with Crippen LogP contribution in [-0.4, -0.2) is 0 Å². The summed E-state index contributed by atoms with van der Waals surface area (Å²) in [5.41, 5.74) is 6.42. The zero-order valence-electron chi connectivity index (χ0n) is 18.9. The van der Waals surface area contributed by atoms with Crippen molar-refractivity contribution in [3.8, 4) is 22.3 Å². The molecule has 7 aromatic rings. The molecule has 160 valence electrons. The standard InChI is InChI=1S/C33H22S/c1-21-13-14-24-20-31(27-8-3-2-7-26(27)30(24)19-21)23-17-15-22(16-18-23)25-10-6-11-29-28-9-4-5-12-32(28)34-33(25)29/h2-20H,1H3. The minimum atomic E-state index is 1.26. The lowest BCUT2D eigenvalue weighted by Crippen LogP contribution is -1.86. The molecular formula is C33H22S. The molecule has 1 aromatic heterocycles. The second-order valence-electron chi connectivity index (χ2n) is 9.05. The van der Waals surface area contributed by atoms with Gasteiger partial charge >= 0.3 is 0 Å². The summed E-state index contributed by atoms with van der Waals surface area (Å²) in [5, 5.41) is 7.93. The van der Waals surface area contributed by atoms with Crippen LogP contribution in [0.3, 0.4) is 0 Å². The summed E-state index contributed by atoms with van der Waals surface area (Å²) in [6, 6.07) is 42.4. The van der Waals surface area contributed by atoms with Crippen LogP contribution in [0.1, 0.15) is 5.56 Å². The average molecular weight is 451 g/mol. The molecule has 0 saturated heterocycles. The fourth-order valence-electron chi connectivity index (χ4n) is 5.26. The molecule has 1 heterocycles. The Morgan fingerprint density at radius 2 is 1.15 bits per heavy atom. The van der Waals surface area contributed by atoms with Crippen molar-refractivity contribution >= 4 is 53.1 Å². The zero-order chi connectivity index (χ0) is 22.6. The second-order valence-corrected chi connectivity index (χ2v) is 10.1. The Morgan fingerprint density at radius 1 is 0.471 bits per heavy atom. The number of benzene rings is 6. The fraction of sp³-hybridized carbons (Fsp3) is 0.0303. The Balaban J connectivity index is 1.40. The van der Waals surface area contributed by atoms with Gasteiger partial charge in [0.15, 0.2) is 0 Å².